The number of pyridine rings is 3. The molecule has 0 atom stereocenters. The molecular formula is C25H18N8OS. The van der Waals surface area contributed by atoms with Gasteiger partial charge in [-0.05, 0) is 53.4 Å². The van der Waals surface area contributed by atoms with Crippen LogP contribution in [-0.2, 0) is 4.79 Å². The third-order valence-corrected chi connectivity index (χ3v) is 6.83. The van der Waals surface area contributed by atoms with E-state index in [0.29, 0.717) is 22.9 Å². The van der Waals surface area contributed by atoms with Crippen molar-refractivity contribution in [3.63, 3.8) is 0 Å². The minimum absolute atomic E-state index is 0.0461. The maximum Gasteiger partial charge on any atom is 0.227 e. The molecule has 1 aliphatic carbocycles. The summed E-state index contributed by atoms with van der Waals surface area (Å²) in [5, 5.41) is 15.5. The van der Waals surface area contributed by atoms with Gasteiger partial charge in [0.05, 0.1) is 34.8 Å². The van der Waals surface area contributed by atoms with Crippen molar-refractivity contribution in [2.75, 3.05) is 5.32 Å². The van der Waals surface area contributed by atoms with E-state index in [1.54, 1.807) is 36.1 Å². The van der Waals surface area contributed by atoms with E-state index in [0.717, 1.165) is 51.6 Å². The lowest BCUT2D eigenvalue weighted by Gasteiger charge is -2.06. The van der Waals surface area contributed by atoms with Gasteiger partial charge in [0.25, 0.3) is 0 Å². The van der Waals surface area contributed by atoms with Crippen molar-refractivity contribution in [3.05, 3.63) is 59.8 Å². The van der Waals surface area contributed by atoms with Crippen molar-refractivity contribution in [1.82, 2.24) is 35.1 Å². The van der Waals surface area contributed by atoms with Crippen LogP contribution < -0.4 is 5.32 Å². The van der Waals surface area contributed by atoms with E-state index in [1.165, 1.54) is 0 Å². The van der Waals surface area contributed by atoms with Crippen molar-refractivity contribution in [2.24, 2.45) is 5.92 Å². The summed E-state index contributed by atoms with van der Waals surface area (Å²) in [5.74, 6) is 0.798. The van der Waals surface area contributed by atoms with Crippen molar-refractivity contribution < 1.29 is 4.79 Å². The van der Waals surface area contributed by atoms with E-state index in [4.69, 9.17) is 4.98 Å². The van der Waals surface area contributed by atoms with Crippen LogP contribution in [0.15, 0.2) is 59.8 Å². The van der Waals surface area contributed by atoms with Crippen molar-refractivity contribution in [3.8, 4) is 33.9 Å². The molecule has 0 radical (unpaired) electrons. The molecule has 0 aliphatic heterocycles. The summed E-state index contributed by atoms with van der Waals surface area (Å²) in [4.78, 5) is 33.6. The summed E-state index contributed by atoms with van der Waals surface area (Å²) in [6.45, 7) is 0. The highest BCUT2D eigenvalue weighted by atomic mass is 32.1. The molecule has 1 fully saturated rings. The number of hydrogen-bond acceptors (Lipinski definition) is 7. The number of fused-ring (bicyclic) bond motifs is 2. The van der Waals surface area contributed by atoms with E-state index in [1.807, 2.05) is 18.2 Å². The van der Waals surface area contributed by atoms with Gasteiger partial charge in [-0.25, -0.2) is 9.97 Å². The molecule has 10 heteroatoms. The number of nitrogens with one attached hydrogen (secondary N) is 3. The SMILES string of the molecule is O=C(Nc1cncc(-c2cc3c(-c4nc5nccc(-c6ccsc6)c5[nH]4)n[nH]c3cn2)c1)C1CC1. The Labute approximate surface area is 202 Å². The maximum atomic E-state index is 12.2. The predicted molar refractivity (Wildman–Crippen MR) is 135 cm³/mol. The number of carbonyl (C=O) groups excluding carboxylic acids is 1. The maximum absolute atomic E-state index is 12.2. The van der Waals surface area contributed by atoms with E-state index in [-0.39, 0.29) is 11.8 Å². The Morgan fingerprint density at radius 1 is 1.09 bits per heavy atom. The van der Waals surface area contributed by atoms with Crippen LogP contribution in [0.1, 0.15) is 12.8 Å². The number of anilines is 1. The summed E-state index contributed by atoms with van der Waals surface area (Å²) in [7, 11) is 0. The molecule has 170 valence electrons. The molecule has 35 heavy (non-hydrogen) atoms. The molecule has 1 amide bonds. The molecule has 1 saturated carbocycles. The van der Waals surface area contributed by atoms with Crippen LogP contribution >= 0.6 is 11.3 Å². The molecule has 1 aliphatic rings. The number of carbonyl (C=O) groups is 1. The van der Waals surface area contributed by atoms with Gasteiger partial charge in [0.1, 0.15) is 5.69 Å². The highest BCUT2D eigenvalue weighted by molar-refractivity contribution is 7.08. The van der Waals surface area contributed by atoms with E-state index in [2.05, 4.69) is 52.3 Å². The number of nitrogens with zero attached hydrogens (tertiary/aromatic N) is 5. The molecule has 6 heterocycles. The quantitative estimate of drug-likeness (QED) is 0.319. The van der Waals surface area contributed by atoms with Crippen LogP contribution in [0.4, 0.5) is 5.69 Å². The first-order chi connectivity index (χ1) is 17.2. The average molecular weight is 479 g/mol. The van der Waals surface area contributed by atoms with Gasteiger partial charge in [-0.2, -0.15) is 16.4 Å². The molecule has 0 aromatic carbocycles. The number of aromatic amines is 2. The molecule has 0 unspecified atom stereocenters. The number of thiophene rings is 1. The highest BCUT2D eigenvalue weighted by Crippen LogP contribution is 2.33. The van der Waals surface area contributed by atoms with Gasteiger partial charge in [-0.1, -0.05) is 0 Å². The molecular weight excluding hydrogens is 460 g/mol. The fraction of sp³-hybridized carbons (Fsp3) is 0.120. The van der Waals surface area contributed by atoms with Crippen LogP contribution in [0.2, 0.25) is 0 Å². The van der Waals surface area contributed by atoms with Crippen molar-refractivity contribution in [1.29, 1.82) is 0 Å². The molecule has 0 bridgehead atoms. The molecule has 0 spiro atoms. The molecule has 0 saturated heterocycles. The predicted octanol–water partition coefficient (Wildman–Crippen LogP) is 5.04. The van der Waals surface area contributed by atoms with Crippen LogP contribution in [0.5, 0.6) is 0 Å². The monoisotopic (exact) mass is 478 g/mol. The Morgan fingerprint density at radius 3 is 2.89 bits per heavy atom. The number of H-pyrrole nitrogens is 2. The minimum atomic E-state index is 0.0461. The number of amides is 1. The summed E-state index contributed by atoms with van der Waals surface area (Å²) in [5.41, 5.74) is 7.35. The second-order valence-corrected chi connectivity index (χ2v) is 9.35. The summed E-state index contributed by atoms with van der Waals surface area (Å²) >= 11 is 1.65. The lowest BCUT2D eigenvalue weighted by Crippen LogP contribution is -2.13. The Morgan fingerprint density at radius 2 is 2.03 bits per heavy atom. The first kappa shape index (κ1) is 20.0. The Hall–Kier alpha value is -4.44. The number of hydrogen-bond donors (Lipinski definition) is 3. The Balaban J connectivity index is 1.29. The van der Waals surface area contributed by atoms with Gasteiger partial charge >= 0.3 is 0 Å². The summed E-state index contributed by atoms with van der Waals surface area (Å²) < 4.78 is 0. The third kappa shape index (κ3) is 3.55. The van der Waals surface area contributed by atoms with E-state index >= 15 is 0 Å². The zero-order valence-corrected chi connectivity index (χ0v) is 19.1. The van der Waals surface area contributed by atoms with Gasteiger partial charge in [-0.15, -0.1) is 0 Å². The topological polar surface area (TPSA) is 125 Å². The third-order valence-electron chi connectivity index (χ3n) is 6.15. The zero-order valence-electron chi connectivity index (χ0n) is 18.3. The van der Waals surface area contributed by atoms with Gasteiger partial charge < -0.3 is 10.3 Å². The van der Waals surface area contributed by atoms with Crippen molar-refractivity contribution in [2.45, 2.75) is 12.8 Å². The summed E-state index contributed by atoms with van der Waals surface area (Å²) in [6.07, 6.45) is 8.80. The van der Waals surface area contributed by atoms with Crippen molar-refractivity contribution >= 4 is 45.0 Å². The Bertz CT molecular complexity index is 1710. The van der Waals surface area contributed by atoms with Crippen LogP contribution in [0, 0.1) is 5.92 Å². The average Bonchev–Trinajstić information content (AvgIpc) is 3.26. The van der Waals surface area contributed by atoms with Crippen LogP contribution in [0.25, 0.3) is 56.0 Å². The fourth-order valence-corrected chi connectivity index (χ4v) is 4.83. The van der Waals surface area contributed by atoms with Gasteiger partial charge in [0.2, 0.25) is 5.91 Å². The molecule has 6 aromatic rings. The Kier molecular flexibility index (Phi) is 4.46. The molecule has 3 N–H and O–H groups in total. The standard InChI is InChI=1S/C25H18N8OS/c34-25(13-1-2-13)29-16-7-15(9-26-10-16)19-8-18-20(11-28-19)32-33-22(18)24-30-21-17(14-4-6-35-12-14)3-5-27-23(21)31-24/h3-13H,1-2H2,(H,29,34)(H,32,33)(H,27,30,31). The van der Waals surface area contributed by atoms with Crippen LogP contribution in [0.3, 0.4) is 0 Å². The largest absolute Gasteiger partial charge is 0.335 e. The normalized spacial score (nSPS) is 13.5. The van der Waals surface area contributed by atoms with Gasteiger partial charge in [0, 0.05) is 34.8 Å². The second kappa shape index (κ2) is 7.81. The minimum Gasteiger partial charge on any atom is -0.335 e. The van der Waals surface area contributed by atoms with Crippen LogP contribution in [-0.4, -0.2) is 41.0 Å². The number of aromatic nitrogens is 7. The number of imidazole rings is 1. The summed E-state index contributed by atoms with van der Waals surface area (Å²) in [6, 6.07) is 7.91. The lowest BCUT2D eigenvalue weighted by molar-refractivity contribution is -0.117. The zero-order chi connectivity index (χ0) is 23.4. The lowest BCUT2D eigenvalue weighted by atomic mass is 10.1. The first-order valence-corrected chi connectivity index (χ1v) is 12.2. The first-order valence-electron chi connectivity index (χ1n) is 11.2. The smallest absolute Gasteiger partial charge is 0.227 e. The fourth-order valence-electron chi connectivity index (χ4n) is 4.17. The highest BCUT2D eigenvalue weighted by Gasteiger charge is 2.29. The van der Waals surface area contributed by atoms with E-state index < -0.39 is 0 Å². The molecule has 9 nitrogen and oxygen atoms in total. The van der Waals surface area contributed by atoms with Gasteiger partial charge in [-0.3, -0.25) is 19.9 Å². The van der Waals surface area contributed by atoms with E-state index in [9.17, 15) is 4.79 Å². The molecule has 6 aromatic heterocycles. The number of rotatable bonds is 5. The molecule has 7 rings (SSSR count). The van der Waals surface area contributed by atoms with Gasteiger partial charge in [0.15, 0.2) is 11.5 Å². The second-order valence-electron chi connectivity index (χ2n) is 8.57.